The van der Waals surface area contributed by atoms with Crippen molar-refractivity contribution in [3.05, 3.63) is 0 Å². The van der Waals surface area contributed by atoms with E-state index in [4.69, 9.17) is 15.2 Å². The van der Waals surface area contributed by atoms with E-state index in [9.17, 15) is 4.79 Å². The smallest absolute Gasteiger partial charge is 0.223 e. The second-order valence-corrected chi connectivity index (χ2v) is 4.60. The van der Waals surface area contributed by atoms with E-state index in [-0.39, 0.29) is 18.1 Å². The molecule has 1 fully saturated rings. The largest absolute Gasteiger partial charge is 0.354 e. The summed E-state index contributed by atoms with van der Waals surface area (Å²) in [5.74, 6) is 0.844. The van der Waals surface area contributed by atoms with Gasteiger partial charge in [-0.3, -0.25) is 4.79 Å². The molecule has 3 N–H and O–H groups in total. The van der Waals surface area contributed by atoms with E-state index in [0.29, 0.717) is 12.5 Å². The van der Waals surface area contributed by atoms with Crippen LogP contribution in [0.3, 0.4) is 0 Å². The van der Waals surface area contributed by atoms with Gasteiger partial charge >= 0.3 is 0 Å². The summed E-state index contributed by atoms with van der Waals surface area (Å²) in [5, 5.41) is 2.87. The molecule has 0 aromatic heterocycles. The quantitative estimate of drug-likeness (QED) is 0.667. The highest BCUT2D eigenvalue weighted by Crippen LogP contribution is 2.28. The van der Waals surface area contributed by atoms with Crippen molar-refractivity contribution in [2.75, 3.05) is 27.3 Å². The van der Waals surface area contributed by atoms with E-state index in [1.54, 1.807) is 14.2 Å². The number of carbonyl (C=O) groups is 1. The second-order valence-electron chi connectivity index (χ2n) is 4.60. The zero-order chi connectivity index (χ0) is 12.7. The van der Waals surface area contributed by atoms with Gasteiger partial charge in [0.1, 0.15) is 0 Å². The maximum Gasteiger partial charge on any atom is 0.223 e. The Hall–Kier alpha value is -0.650. The van der Waals surface area contributed by atoms with Crippen LogP contribution in [0.4, 0.5) is 0 Å². The Morgan fingerprint density at radius 2 is 1.88 bits per heavy atom. The van der Waals surface area contributed by atoms with Crippen molar-refractivity contribution in [3.8, 4) is 0 Å². The standard InChI is InChI=1S/C12H24N2O3/c1-16-11(17-2)8-14-12(15)10-5-3-9(7-13)4-6-10/h9-11H,3-8,13H2,1-2H3,(H,14,15). The number of hydrogen-bond donors (Lipinski definition) is 2. The summed E-state index contributed by atoms with van der Waals surface area (Å²) >= 11 is 0. The Labute approximate surface area is 103 Å². The lowest BCUT2D eigenvalue weighted by molar-refractivity contribution is -0.132. The molecule has 5 heteroatoms. The molecule has 0 spiro atoms. The van der Waals surface area contributed by atoms with E-state index in [2.05, 4.69) is 5.32 Å². The molecule has 0 aromatic rings. The van der Waals surface area contributed by atoms with Crippen LogP contribution in [-0.4, -0.2) is 39.5 Å². The van der Waals surface area contributed by atoms with Gasteiger partial charge < -0.3 is 20.5 Å². The first-order valence-electron chi connectivity index (χ1n) is 6.24. The van der Waals surface area contributed by atoms with E-state index in [1.165, 1.54) is 0 Å². The summed E-state index contributed by atoms with van der Waals surface area (Å²) in [6.07, 6.45) is 3.65. The third kappa shape index (κ3) is 4.61. The Bertz CT molecular complexity index is 224. The van der Waals surface area contributed by atoms with Crippen molar-refractivity contribution >= 4 is 5.91 Å². The Morgan fingerprint density at radius 1 is 1.29 bits per heavy atom. The molecule has 1 rings (SSSR count). The van der Waals surface area contributed by atoms with E-state index in [1.807, 2.05) is 0 Å². The van der Waals surface area contributed by atoms with Gasteiger partial charge in [0.15, 0.2) is 6.29 Å². The van der Waals surface area contributed by atoms with Gasteiger partial charge in [0.2, 0.25) is 5.91 Å². The lowest BCUT2D eigenvalue weighted by atomic mass is 9.81. The second kappa shape index (κ2) is 7.63. The number of nitrogens with one attached hydrogen (secondary N) is 1. The van der Waals surface area contributed by atoms with Gasteiger partial charge in [0.05, 0.1) is 6.54 Å². The monoisotopic (exact) mass is 244 g/mol. The van der Waals surface area contributed by atoms with Gasteiger partial charge in [-0.25, -0.2) is 0 Å². The summed E-state index contributed by atoms with van der Waals surface area (Å²) in [7, 11) is 3.12. The van der Waals surface area contributed by atoms with Crippen molar-refractivity contribution in [1.29, 1.82) is 0 Å². The van der Waals surface area contributed by atoms with E-state index < -0.39 is 0 Å². The van der Waals surface area contributed by atoms with Crippen LogP contribution in [0, 0.1) is 11.8 Å². The van der Waals surface area contributed by atoms with Crippen LogP contribution in [0.5, 0.6) is 0 Å². The van der Waals surface area contributed by atoms with Gasteiger partial charge in [-0.05, 0) is 38.1 Å². The molecule has 0 bridgehead atoms. The van der Waals surface area contributed by atoms with Crippen LogP contribution in [-0.2, 0) is 14.3 Å². The molecule has 1 aliphatic rings. The number of hydrogen-bond acceptors (Lipinski definition) is 4. The lowest BCUT2D eigenvalue weighted by Crippen LogP contribution is -2.39. The molecule has 0 unspecified atom stereocenters. The summed E-state index contributed by atoms with van der Waals surface area (Å²) in [4.78, 5) is 11.9. The maximum absolute atomic E-state index is 11.9. The van der Waals surface area contributed by atoms with Gasteiger partial charge in [-0.2, -0.15) is 0 Å². The van der Waals surface area contributed by atoms with Crippen molar-refractivity contribution in [2.45, 2.75) is 32.0 Å². The fourth-order valence-electron chi connectivity index (χ4n) is 2.25. The molecule has 5 nitrogen and oxygen atoms in total. The van der Waals surface area contributed by atoms with Gasteiger partial charge in [-0.1, -0.05) is 0 Å². The van der Waals surface area contributed by atoms with Crippen LogP contribution in [0.15, 0.2) is 0 Å². The van der Waals surface area contributed by atoms with E-state index in [0.717, 1.165) is 32.2 Å². The highest BCUT2D eigenvalue weighted by molar-refractivity contribution is 5.78. The minimum absolute atomic E-state index is 0.111. The molecule has 1 amide bonds. The van der Waals surface area contributed by atoms with Crippen molar-refractivity contribution in [1.82, 2.24) is 5.32 Å². The fourth-order valence-corrected chi connectivity index (χ4v) is 2.25. The van der Waals surface area contributed by atoms with Crippen molar-refractivity contribution < 1.29 is 14.3 Å². The molecule has 0 atom stereocenters. The summed E-state index contributed by atoms with van der Waals surface area (Å²) in [6.45, 7) is 1.15. The third-order valence-corrected chi connectivity index (χ3v) is 3.52. The maximum atomic E-state index is 11.9. The first kappa shape index (κ1) is 14.4. The minimum atomic E-state index is -0.362. The number of amides is 1. The minimum Gasteiger partial charge on any atom is -0.354 e. The number of rotatable bonds is 6. The van der Waals surface area contributed by atoms with E-state index >= 15 is 0 Å². The Kier molecular flexibility index (Phi) is 6.47. The molecule has 0 radical (unpaired) electrons. The molecule has 1 saturated carbocycles. The predicted octanol–water partition coefficient (Wildman–Crippen LogP) is 0.487. The normalized spacial score (nSPS) is 24.9. The third-order valence-electron chi connectivity index (χ3n) is 3.52. The van der Waals surface area contributed by atoms with Gasteiger partial charge in [0, 0.05) is 20.1 Å². The molecule has 17 heavy (non-hydrogen) atoms. The summed E-state index contributed by atoms with van der Waals surface area (Å²) in [5.41, 5.74) is 5.63. The Balaban J connectivity index is 2.24. The molecule has 100 valence electrons. The van der Waals surface area contributed by atoms with Gasteiger partial charge in [0.25, 0.3) is 0 Å². The lowest BCUT2D eigenvalue weighted by Gasteiger charge is -2.27. The zero-order valence-corrected chi connectivity index (χ0v) is 10.8. The number of nitrogens with two attached hydrogens (primary N) is 1. The van der Waals surface area contributed by atoms with Crippen LogP contribution >= 0.6 is 0 Å². The summed E-state index contributed by atoms with van der Waals surface area (Å²) < 4.78 is 10.0. The van der Waals surface area contributed by atoms with Crippen molar-refractivity contribution in [2.24, 2.45) is 17.6 Å². The first-order chi connectivity index (χ1) is 8.21. The van der Waals surface area contributed by atoms with Crippen molar-refractivity contribution in [3.63, 3.8) is 0 Å². The summed E-state index contributed by atoms with van der Waals surface area (Å²) in [6, 6.07) is 0. The zero-order valence-electron chi connectivity index (χ0n) is 10.8. The molecule has 0 aromatic carbocycles. The number of ether oxygens (including phenoxy) is 2. The first-order valence-corrected chi connectivity index (χ1v) is 6.24. The van der Waals surface area contributed by atoms with Gasteiger partial charge in [-0.15, -0.1) is 0 Å². The van der Waals surface area contributed by atoms with Crippen LogP contribution in [0.1, 0.15) is 25.7 Å². The SMILES string of the molecule is COC(CNC(=O)C1CCC(CN)CC1)OC. The van der Waals surface area contributed by atoms with Crippen LogP contribution < -0.4 is 11.1 Å². The number of carbonyl (C=O) groups excluding carboxylic acids is 1. The molecule has 0 saturated heterocycles. The average molecular weight is 244 g/mol. The molecule has 1 aliphatic carbocycles. The fraction of sp³-hybridized carbons (Fsp3) is 0.917. The molecule has 0 aliphatic heterocycles. The highest BCUT2D eigenvalue weighted by Gasteiger charge is 2.25. The van der Waals surface area contributed by atoms with Crippen LogP contribution in [0.25, 0.3) is 0 Å². The molecular weight excluding hydrogens is 220 g/mol. The highest BCUT2D eigenvalue weighted by atomic mass is 16.7. The van der Waals surface area contributed by atoms with Crippen LogP contribution in [0.2, 0.25) is 0 Å². The topological polar surface area (TPSA) is 73.6 Å². The predicted molar refractivity (Wildman–Crippen MR) is 65.3 cm³/mol. The molecule has 0 heterocycles. The number of methoxy groups -OCH3 is 2. The average Bonchev–Trinajstić information content (AvgIpc) is 2.39. The Morgan fingerprint density at radius 3 is 2.35 bits per heavy atom. The molecular formula is C12H24N2O3.